The molecule has 5 nitrogen and oxygen atoms in total. The first kappa shape index (κ1) is 16.2. The fraction of sp³-hybridized carbons (Fsp3) is 0.316. The minimum atomic E-state index is 0.0129. The minimum Gasteiger partial charge on any atom is -0.487 e. The zero-order valence-corrected chi connectivity index (χ0v) is 14.1. The molecule has 0 aliphatic carbocycles. The molecule has 1 atom stereocenters. The Hall–Kier alpha value is -2.69. The molecular weight excluding hydrogens is 302 g/mol. The largest absolute Gasteiger partial charge is 0.487 e. The van der Waals surface area contributed by atoms with E-state index in [1.807, 2.05) is 62.4 Å². The molecule has 1 unspecified atom stereocenters. The van der Waals surface area contributed by atoms with Crippen LogP contribution in [0.3, 0.4) is 0 Å². The van der Waals surface area contributed by atoms with E-state index in [1.54, 1.807) is 4.90 Å². The van der Waals surface area contributed by atoms with Gasteiger partial charge < -0.3 is 20.3 Å². The van der Waals surface area contributed by atoms with Crippen molar-refractivity contribution in [3.8, 4) is 5.75 Å². The van der Waals surface area contributed by atoms with Crippen LogP contribution in [0.1, 0.15) is 13.8 Å². The molecule has 1 amide bonds. The Morgan fingerprint density at radius 1 is 1.29 bits per heavy atom. The average molecular weight is 325 g/mol. The molecule has 0 fully saturated rings. The van der Waals surface area contributed by atoms with Crippen molar-refractivity contribution in [3.63, 3.8) is 0 Å². The van der Waals surface area contributed by atoms with Crippen LogP contribution < -0.4 is 20.3 Å². The number of rotatable bonds is 4. The summed E-state index contributed by atoms with van der Waals surface area (Å²) in [5.74, 6) is 0.810. The smallest absolute Gasteiger partial charge is 0.246 e. The van der Waals surface area contributed by atoms with Crippen molar-refractivity contribution >= 4 is 23.0 Å². The van der Waals surface area contributed by atoms with Gasteiger partial charge in [0, 0.05) is 24.0 Å². The van der Waals surface area contributed by atoms with E-state index in [2.05, 4.69) is 4.90 Å². The van der Waals surface area contributed by atoms with E-state index < -0.39 is 0 Å². The van der Waals surface area contributed by atoms with Crippen LogP contribution in [0.15, 0.2) is 48.5 Å². The van der Waals surface area contributed by atoms with E-state index in [1.165, 1.54) is 0 Å². The van der Waals surface area contributed by atoms with Crippen molar-refractivity contribution in [2.75, 3.05) is 35.2 Å². The quantitative estimate of drug-likeness (QED) is 0.878. The van der Waals surface area contributed by atoms with Gasteiger partial charge in [-0.1, -0.05) is 18.2 Å². The first-order chi connectivity index (χ1) is 11.6. The number of para-hydroxylation sites is 1. The van der Waals surface area contributed by atoms with Crippen LogP contribution >= 0.6 is 0 Å². The fourth-order valence-corrected chi connectivity index (χ4v) is 3.06. The lowest BCUT2D eigenvalue weighted by Crippen LogP contribution is -2.45. The van der Waals surface area contributed by atoms with Gasteiger partial charge in [0.05, 0.1) is 18.8 Å². The van der Waals surface area contributed by atoms with Crippen LogP contribution in [0, 0.1) is 0 Å². The van der Waals surface area contributed by atoms with E-state index in [0.29, 0.717) is 25.3 Å². The Labute approximate surface area is 142 Å². The number of carbonyl (C=O) groups excluding carboxylic acids is 1. The van der Waals surface area contributed by atoms with Gasteiger partial charge in [0.15, 0.2) is 0 Å². The van der Waals surface area contributed by atoms with E-state index in [-0.39, 0.29) is 12.0 Å². The van der Waals surface area contributed by atoms with E-state index >= 15 is 0 Å². The number of hydrogen-bond acceptors (Lipinski definition) is 4. The summed E-state index contributed by atoms with van der Waals surface area (Å²) in [4.78, 5) is 16.7. The highest BCUT2D eigenvalue weighted by Gasteiger charge is 2.26. The molecule has 1 aliphatic rings. The lowest BCUT2D eigenvalue weighted by atomic mass is 10.1. The molecule has 1 heterocycles. The molecule has 0 bridgehead atoms. The van der Waals surface area contributed by atoms with Gasteiger partial charge in [0.2, 0.25) is 5.91 Å². The van der Waals surface area contributed by atoms with Crippen LogP contribution in [0.25, 0.3) is 0 Å². The predicted octanol–water partition coefficient (Wildman–Crippen LogP) is 2.91. The maximum atomic E-state index is 12.8. The molecule has 126 valence electrons. The highest BCUT2D eigenvalue weighted by Crippen LogP contribution is 2.35. The number of nitrogens with two attached hydrogens (primary N) is 1. The molecule has 24 heavy (non-hydrogen) atoms. The van der Waals surface area contributed by atoms with Crippen molar-refractivity contribution < 1.29 is 9.53 Å². The van der Waals surface area contributed by atoms with Crippen molar-refractivity contribution in [2.24, 2.45) is 0 Å². The highest BCUT2D eigenvalue weighted by molar-refractivity contribution is 5.96. The predicted molar refractivity (Wildman–Crippen MR) is 97.6 cm³/mol. The molecule has 2 aromatic carbocycles. The Balaban J connectivity index is 1.82. The van der Waals surface area contributed by atoms with Gasteiger partial charge in [-0.15, -0.1) is 0 Å². The third kappa shape index (κ3) is 3.30. The van der Waals surface area contributed by atoms with Crippen LogP contribution in [0.4, 0.5) is 17.1 Å². The fourth-order valence-electron chi connectivity index (χ4n) is 3.06. The molecule has 2 N–H and O–H groups in total. The van der Waals surface area contributed by atoms with Gasteiger partial charge in [-0.3, -0.25) is 4.79 Å². The van der Waals surface area contributed by atoms with Crippen LogP contribution in [-0.4, -0.2) is 31.6 Å². The Kier molecular flexibility index (Phi) is 4.60. The number of likely N-dealkylation sites (N-methyl/N-ethyl adjacent to an activating group) is 1. The molecule has 2 aromatic rings. The van der Waals surface area contributed by atoms with Crippen molar-refractivity contribution in [1.29, 1.82) is 0 Å². The second-order valence-corrected chi connectivity index (χ2v) is 6.01. The summed E-state index contributed by atoms with van der Waals surface area (Å²) in [5.41, 5.74) is 8.34. The summed E-state index contributed by atoms with van der Waals surface area (Å²) in [6.07, 6.45) is 0.0129. The SMILES string of the molecule is CCN(C(=O)CN1CC(C)Oc2cc(N)ccc21)c1ccccc1. The number of nitrogens with zero attached hydrogens (tertiary/aromatic N) is 2. The second-order valence-electron chi connectivity index (χ2n) is 6.01. The molecular formula is C19H23N3O2. The molecule has 1 aliphatic heterocycles. The van der Waals surface area contributed by atoms with Gasteiger partial charge in [-0.25, -0.2) is 0 Å². The summed E-state index contributed by atoms with van der Waals surface area (Å²) in [5, 5.41) is 0. The molecule has 0 saturated heterocycles. The lowest BCUT2D eigenvalue weighted by Gasteiger charge is -2.35. The van der Waals surface area contributed by atoms with Crippen LogP contribution in [0.5, 0.6) is 5.75 Å². The minimum absolute atomic E-state index is 0.0129. The average Bonchev–Trinajstić information content (AvgIpc) is 2.56. The topological polar surface area (TPSA) is 58.8 Å². The zero-order valence-electron chi connectivity index (χ0n) is 14.1. The van der Waals surface area contributed by atoms with E-state index in [0.717, 1.165) is 17.1 Å². The first-order valence-electron chi connectivity index (χ1n) is 8.25. The number of ether oxygens (including phenoxy) is 1. The van der Waals surface area contributed by atoms with Crippen molar-refractivity contribution in [3.05, 3.63) is 48.5 Å². The summed E-state index contributed by atoms with van der Waals surface area (Å²) in [6, 6.07) is 15.3. The summed E-state index contributed by atoms with van der Waals surface area (Å²) < 4.78 is 5.85. The van der Waals surface area contributed by atoms with Gasteiger partial charge in [0.1, 0.15) is 11.9 Å². The third-order valence-corrected chi connectivity index (χ3v) is 4.14. The molecule has 0 radical (unpaired) electrons. The highest BCUT2D eigenvalue weighted by atomic mass is 16.5. The normalized spacial score (nSPS) is 16.2. The van der Waals surface area contributed by atoms with Gasteiger partial charge in [-0.2, -0.15) is 0 Å². The summed E-state index contributed by atoms with van der Waals surface area (Å²) in [6.45, 7) is 5.61. The molecule has 5 heteroatoms. The zero-order chi connectivity index (χ0) is 17.1. The molecule has 0 aromatic heterocycles. The third-order valence-electron chi connectivity index (χ3n) is 4.14. The van der Waals surface area contributed by atoms with Crippen molar-refractivity contribution in [1.82, 2.24) is 0 Å². The number of fused-ring (bicyclic) bond motifs is 1. The van der Waals surface area contributed by atoms with Gasteiger partial charge in [0.25, 0.3) is 0 Å². The number of nitrogen functional groups attached to an aromatic ring is 1. The Bertz CT molecular complexity index is 718. The van der Waals surface area contributed by atoms with Gasteiger partial charge >= 0.3 is 0 Å². The van der Waals surface area contributed by atoms with E-state index in [4.69, 9.17) is 10.5 Å². The van der Waals surface area contributed by atoms with Gasteiger partial charge in [-0.05, 0) is 38.1 Å². The molecule has 0 saturated carbocycles. The number of anilines is 3. The molecule has 0 spiro atoms. The standard InChI is InChI=1S/C19H23N3O2/c1-3-22(16-7-5-4-6-8-16)19(23)13-21-12-14(2)24-18-11-15(20)9-10-17(18)21/h4-11,14H,3,12-13,20H2,1-2H3. The van der Waals surface area contributed by atoms with Crippen LogP contribution in [0.2, 0.25) is 0 Å². The monoisotopic (exact) mass is 325 g/mol. The lowest BCUT2D eigenvalue weighted by molar-refractivity contribution is -0.117. The Morgan fingerprint density at radius 3 is 2.75 bits per heavy atom. The Morgan fingerprint density at radius 2 is 2.04 bits per heavy atom. The number of benzene rings is 2. The van der Waals surface area contributed by atoms with Crippen molar-refractivity contribution in [2.45, 2.75) is 20.0 Å². The maximum Gasteiger partial charge on any atom is 0.246 e. The number of carbonyl (C=O) groups is 1. The van der Waals surface area contributed by atoms with Crippen LogP contribution in [-0.2, 0) is 4.79 Å². The molecule has 3 rings (SSSR count). The number of hydrogen-bond donors (Lipinski definition) is 1. The number of amides is 1. The van der Waals surface area contributed by atoms with E-state index in [9.17, 15) is 4.79 Å². The summed E-state index contributed by atoms with van der Waals surface area (Å²) in [7, 11) is 0. The second kappa shape index (κ2) is 6.83. The summed E-state index contributed by atoms with van der Waals surface area (Å²) >= 11 is 0. The maximum absolute atomic E-state index is 12.8. The first-order valence-corrected chi connectivity index (χ1v) is 8.25.